The second kappa shape index (κ2) is 8.33. The molecule has 0 atom stereocenters. The molecular formula is C19H24N2O4S. The summed E-state index contributed by atoms with van der Waals surface area (Å²) in [6.45, 7) is 4.61. The Morgan fingerprint density at radius 1 is 1.04 bits per heavy atom. The Labute approximate surface area is 154 Å². The molecule has 0 aliphatic carbocycles. The molecule has 0 spiro atoms. The van der Waals surface area contributed by atoms with E-state index in [0.717, 1.165) is 15.4 Å². The maximum absolute atomic E-state index is 12.1. The molecule has 26 heavy (non-hydrogen) atoms. The first-order valence-corrected chi connectivity index (χ1v) is 9.66. The van der Waals surface area contributed by atoms with Crippen LogP contribution >= 0.6 is 0 Å². The van der Waals surface area contributed by atoms with Gasteiger partial charge in [0.2, 0.25) is 10.0 Å². The molecule has 2 aromatic rings. The second-order valence-corrected chi connectivity index (χ2v) is 8.31. The number of hydrogen-bond donors (Lipinski definition) is 1. The number of ether oxygens (including phenoxy) is 1. The lowest BCUT2D eigenvalue weighted by atomic mass is 10.1. The smallest absolute Gasteiger partial charge is 0.251 e. The number of sulfonamides is 1. The van der Waals surface area contributed by atoms with Crippen molar-refractivity contribution in [1.82, 2.24) is 9.62 Å². The zero-order chi connectivity index (χ0) is 19.3. The van der Waals surface area contributed by atoms with E-state index in [0.29, 0.717) is 17.9 Å². The molecule has 0 fully saturated rings. The summed E-state index contributed by atoms with van der Waals surface area (Å²) < 4.78 is 30.7. The minimum Gasteiger partial charge on any atom is -0.492 e. The van der Waals surface area contributed by atoms with Crippen molar-refractivity contribution in [1.29, 1.82) is 0 Å². The molecule has 2 aromatic carbocycles. The summed E-state index contributed by atoms with van der Waals surface area (Å²) in [5.74, 6) is 0.396. The number of carbonyl (C=O) groups is 1. The lowest BCUT2D eigenvalue weighted by Gasteiger charge is -2.12. The lowest BCUT2D eigenvalue weighted by molar-refractivity contribution is 0.0947. The molecule has 0 unspecified atom stereocenters. The van der Waals surface area contributed by atoms with E-state index in [9.17, 15) is 13.2 Å². The Kier molecular flexibility index (Phi) is 6.39. The van der Waals surface area contributed by atoms with E-state index in [1.165, 1.54) is 26.2 Å². The fourth-order valence-electron chi connectivity index (χ4n) is 2.24. The molecule has 0 bridgehead atoms. The molecule has 1 N–H and O–H groups in total. The summed E-state index contributed by atoms with van der Waals surface area (Å²) in [4.78, 5) is 12.3. The van der Waals surface area contributed by atoms with Gasteiger partial charge in [0.05, 0.1) is 11.4 Å². The number of benzene rings is 2. The summed E-state index contributed by atoms with van der Waals surface area (Å²) in [7, 11) is -0.478. The minimum absolute atomic E-state index is 0.149. The van der Waals surface area contributed by atoms with E-state index < -0.39 is 10.0 Å². The lowest BCUT2D eigenvalue weighted by Crippen LogP contribution is -2.28. The van der Waals surface area contributed by atoms with Gasteiger partial charge in [-0.25, -0.2) is 12.7 Å². The van der Waals surface area contributed by atoms with Crippen molar-refractivity contribution in [3.63, 3.8) is 0 Å². The van der Waals surface area contributed by atoms with Crippen LogP contribution in [0.1, 0.15) is 21.5 Å². The van der Waals surface area contributed by atoms with Crippen LogP contribution in [0.15, 0.2) is 47.4 Å². The van der Waals surface area contributed by atoms with Crippen LogP contribution in [0.25, 0.3) is 0 Å². The molecule has 0 radical (unpaired) electrons. The van der Waals surface area contributed by atoms with Crippen LogP contribution in [0, 0.1) is 13.8 Å². The van der Waals surface area contributed by atoms with Gasteiger partial charge in [0.15, 0.2) is 0 Å². The number of hydrogen-bond acceptors (Lipinski definition) is 4. The third-order valence-electron chi connectivity index (χ3n) is 4.03. The molecule has 0 heterocycles. The van der Waals surface area contributed by atoms with Crippen molar-refractivity contribution < 1.29 is 17.9 Å². The van der Waals surface area contributed by atoms with E-state index in [2.05, 4.69) is 5.32 Å². The first-order valence-electron chi connectivity index (χ1n) is 8.22. The van der Waals surface area contributed by atoms with Gasteiger partial charge < -0.3 is 10.1 Å². The highest BCUT2D eigenvalue weighted by molar-refractivity contribution is 7.89. The van der Waals surface area contributed by atoms with Crippen LogP contribution in [-0.4, -0.2) is 45.9 Å². The number of nitrogens with zero attached hydrogens (tertiary/aromatic N) is 1. The average molecular weight is 376 g/mol. The van der Waals surface area contributed by atoms with E-state index in [4.69, 9.17) is 4.74 Å². The quantitative estimate of drug-likeness (QED) is 0.753. The van der Waals surface area contributed by atoms with E-state index in [1.807, 2.05) is 26.0 Å². The summed E-state index contributed by atoms with van der Waals surface area (Å²) >= 11 is 0. The van der Waals surface area contributed by atoms with Crippen LogP contribution in [-0.2, 0) is 10.0 Å². The summed E-state index contributed by atoms with van der Waals surface area (Å²) in [5.41, 5.74) is 2.83. The maximum atomic E-state index is 12.1. The first kappa shape index (κ1) is 19.9. The molecule has 0 saturated carbocycles. The van der Waals surface area contributed by atoms with Crippen LogP contribution in [0.3, 0.4) is 0 Å². The highest BCUT2D eigenvalue weighted by Gasteiger charge is 2.16. The molecule has 140 valence electrons. The molecular weight excluding hydrogens is 352 g/mol. The van der Waals surface area contributed by atoms with Gasteiger partial charge in [-0.1, -0.05) is 6.07 Å². The van der Waals surface area contributed by atoms with Gasteiger partial charge in [0, 0.05) is 19.7 Å². The predicted molar refractivity (Wildman–Crippen MR) is 101 cm³/mol. The SMILES string of the molecule is Cc1ccc(C(=O)NCCOc2ccc(S(=O)(=O)N(C)C)cc2)cc1C. The van der Waals surface area contributed by atoms with Crippen LogP contribution in [0.2, 0.25) is 0 Å². The van der Waals surface area contributed by atoms with Crippen LogP contribution in [0.4, 0.5) is 0 Å². The van der Waals surface area contributed by atoms with E-state index in [1.54, 1.807) is 18.2 Å². The zero-order valence-electron chi connectivity index (χ0n) is 15.4. The summed E-state index contributed by atoms with van der Waals surface area (Å²) in [6.07, 6.45) is 0. The molecule has 7 heteroatoms. The standard InChI is InChI=1S/C19H24N2O4S/c1-14-5-6-16(13-15(14)2)19(22)20-11-12-25-17-7-9-18(10-8-17)26(23,24)21(3)4/h5-10,13H,11-12H2,1-4H3,(H,20,22). The third-order valence-corrected chi connectivity index (χ3v) is 5.86. The molecule has 0 saturated heterocycles. The largest absolute Gasteiger partial charge is 0.492 e. The molecule has 0 aliphatic heterocycles. The zero-order valence-corrected chi connectivity index (χ0v) is 16.3. The normalized spacial score (nSPS) is 11.4. The molecule has 0 aliphatic rings. The number of nitrogens with one attached hydrogen (secondary N) is 1. The Morgan fingerprint density at radius 2 is 1.69 bits per heavy atom. The van der Waals surface area contributed by atoms with E-state index in [-0.39, 0.29) is 17.4 Å². The Hall–Kier alpha value is -2.38. The molecule has 1 amide bonds. The van der Waals surface area contributed by atoms with Crippen molar-refractivity contribution in [3.05, 3.63) is 59.2 Å². The monoisotopic (exact) mass is 376 g/mol. The summed E-state index contributed by atoms with van der Waals surface area (Å²) in [6, 6.07) is 11.8. The highest BCUT2D eigenvalue weighted by Crippen LogP contribution is 2.18. The number of carbonyl (C=O) groups excluding carboxylic acids is 1. The van der Waals surface area contributed by atoms with Crippen molar-refractivity contribution in [2.24, 2.45) is 0 Å². The third kappa shape index (κ3) is 4.83. The number of aryl methyl sites for hydroxylation is 2. The van der Waals surface area contributed by atoms with Gasteiger partial charge >= 0.3 is 0 Å². The van der Waals surface area contributed by atoms with E-state index >= 15 is 0 Å². The Bertz CT molecular complexity index is 875. The van der Waals surface area contributed by atoms with Gasteiger partial charge in [0.1, 0.15) is 12.4 Å². The van der Waals surface area contributed by atoms with Crippen molar-refractivity contribution in [2.75, 3.05) is 27.2 Å². The second-order valence-electron chi connectivity index (χ2n) is 6.16. The number of rotatable bonds is 7. The molecule has 0 aromatic heterocycles. The molecule has 6 nitrogen and oxygen atoms in total. The van der Waals surface area contributed by atoms with Gasteiger partial charge in [-0.2, -0.15) is 0 Å². The fraction of sp³-hybridized carbons (Fsp3) is 0.316. The van der Waals surface area contributed by atoms with Gasteiger partial charge in [0.25, 0.3) is 5.91 Å². The van der Waals surface area contributed by atoms with Crippen LogP contribution < -0.4 is 10.1 Å². The van der Waals surface area contributed by atoms with Crippen molar-refractivity contribution in [3.8, 4) is 5.75 Å². The fourth-order valence-corrected chi connectivity index (χ4v) is 3.14. The molecule has 2 rings (SSSR count). The summed E-state index contributed by atoms with van der Waals surface area (Å²) in [5, 5.41) is 2.80. The van der Waals surface area contributed by atoms with Gasteiger partial charge in [-0.05, 0) is 61.4 Å². The topological polar surface area (TPSA) is 75.7 Å². The maximum Gasteiger partial charge on any atom is 0.251 e. The highest BCUT2D eigenvalue weighted by atomic mass is 32.2. The van der Waals surface area contributed by atoms with Crippen molar-refractivity contribution >= 4 is 15.9 Å². The average Bonchev–Trinajstić information content (AvgIpc) is 2.61. The Morgan fingerprint density at radius 3 is 2.27 bits per heavy atom. The van der Waals surface area contributed by atoms with Crippen LogP contribution in [0.5, 0.6) is 5.75 Å². The van der Waals surface area contributed by atoms with Gasteiger partial charge in [-0.15, -0.1) is 0 Å². The van der Waals surface area contributed by atoms with Crippen molar-refractivity contribution in [2.45, 2.75) is 18.7 Å². The minimum atomic E-state index is -3.45. The first-order chi connectivity index (χ1) is 12.2. The van der Waals surface area contributed by atoms with Gasteiger partial charge in [-0.3, -0.25) is 4.79 Å². The predicted octanol–water partition coefficient (Wildman–Crippen LogP) is 2.36. The Balaban J connectivity index is 1.84. The number of amides is 1.